The highest BCUT2D eigenvalue weighted by molar-refractivity contribution is 7.26. The van der Waals surface area contributed by atoms with E-state index in [0.717, 1.165) is 35.2 Å². The number of hydrogen-bond donors (Lipinski definition) is 0. The van der Waals surface area contributed by atoms with Crippen LogP contribution < -0.4 is 0 Å². The molecule has 7 aromatic carbocycles. The maximum Gasteiger partial charge on any atom is 0.164 e. The van der Waals surface area contributed by atoms with Crippen LogP contribution in [0.3, 0.4) is 0 Å². The summed E-state index contributed by atoms with van der Waals surface area (Å²) in [6, 6.07) is 57.1. The number of unbranched alkanes of at least 4 members (excludes halogenated alkanes) is 2. The first kappa shape index (κ1) is 35.9. The fourth-order valence-electron chi connectivity index (χ4n) is 8.33. The van der Waals surface area contributed by atoms with E-state index in [1.54, 1.807) is 0 Å². The zero-order valence-corrected chi connectivity index (χ0v) is 33.8. The Bertz CT molecular complexity index is 3070. The summed E-state index contributed by atoms with van der Waals surface area (Å²) < 4.78 is 5.11. The summed E-state index contributed by atoms with van der Waals surface area (Å²) in [4.78, 5) is 15.1. The molecule has 0 N–H and O–H groups in total. The van der Waals surface area contributed by atoms with Gasteiger partial charge in [-0.25, -0.2) is 15.0 Å². The molecular formula is C53H44N4S. The van der Waals surface area contributed by atoms with E-state index in [9.17, 15) is 0 Å². The fraction of sp³-hybridized carbons (Fsp3) is 0.151. The monoisotopic (exact) mass is 768 g/mol. The van der Waals surface area contributed by atoms with Gasteiger partial charge in [-0.2, -0.15) is 0 Å². The van der Waals surface area contributed by atoms with E-state index in [1.165, 1.54) is 89.9 Å². The van der Waals surface area contributed by atoms with E-state index in [0.29, 0.717) is 17.5 Å². The molecule has 3 aromatic heterocycles. The zero-order valence-electron chi connectivity index (χ0n) is 33.0. The predicted molar refractivity (Wildman–Crippen MR) is 246 cm³/mol. The molecule has 0 aliphatic carbocycles. The second-order valence-corrected chi connectivity index (χ2v) is 16.4. The minimum absolute atomic E-state index is 0.656. The molecular weight excluding hydrogens is 725 g/mol. The Labute approximate surface area is 343 Å². The number of hydrogen-bond acceptors (Lipinski definition) is 4. The maximum atomic E-state index is 5.06. The molecule has 10 aromatic rings. The number of rotatable bonds is 11. The van der Waals surface area contributed by atoms with Crippen molar-refractivity contribution in [1.82, 2.24) is 19.5 Å². The van der Waals surface area contributed by atoms with Crippen LogP contribution >= 0.6 is 11.3 Å². The van der Waals surface area contributed by atoms with Crippen molar-refractivity contribution >= 4 is 53.3 Å². The van der Waals surface area contributed by atoms with Crippen molar-refractivity contribution in [2.45, 2.75) is 52.4 Å². The Balaban J connectivity index is 1.06. The van der Waals surface area contributed by atoms with E-state index >= 15 is 0 Å². The summed E-state index contributed by atoms with van der Waals surface area (Å²) in [5, 5.41) is 5.15. The van der Waals surface area contributed by atoms with Crippen LogP contribution in [-0.2, 0) is 12.8 Å². The van der Waals surface area contributed by atoms with Gasteiger partial charge in [0.05, 0.1) is 11.0 Å². The average molecular weight is 769 g/mol. The normalized spacial score (nSPS) is 11.7. The van der Waals surface area contributed by atoms with Gasteiger partial charge in [0, 0.05) is 53.3 Å². The Hall–Kier alpha value is -6.43. The molecule has 0 saturated carbocycles. The van der Waals surface area contributed by atoms with Gasteiger partial charge in [-0.3, -0.25) is 0 Å². The first-order valence-corrected chi connectivity index (χ1v) is 21.5. The molecule has 0 spiro atoms. The lowest BCUT2D eigenvalue weighted by Crippen LogP contribution is -2.00. The molecule has 10 rings (SSSR count). The highest BCUT2D eigenvalue weighted by atomic mass is 32.1. The molecule has 0 aliphatic heterocycles. The largest absolute Gasteiger partial charge is 0.309 e. The first-order chi connectivity index (χ1) is 28.6. The summed E-state index contributed by atoms with van der Waals surface area (Å²) in [5.74, 6) is 2.00. The smallest absolute Gasteiger partial charge is 0.164 e. The number of fused-ring (bicyclic) bond motifs is 6. The van der Waals surface area contributed by atoms with Crippen LogP contribution in [0.4, 0.5) is 0 Å². The van der Waals surface area contributed by atoms with Crippen molar-refractivity contribution < 1.29 is 0 Å². The van der Waals surface area contributed by atoms with Crippen LogP contribution in [0.2, 0.25) is 0 Å². The van der Waals surface area contributed by atoms with Gasteiger partial charge in [-0.15, -0.1) is 11.3 Å². The quantitative estimate of drug-likeness (QED) is 0.132. The molecule has 0 unspecified atom stereocenters. The first-order valence-electron chi connectivity index (χ1n) is 20.6. The van der Waals surface area contributed by atoms with Gasteiger partial charge in [0.15, 0.2) is 17.5 Å². The third-order valence-electron chi connectivity index (χ3n) is 11.4. The fourth-order valence-corrected chi connectivity index (χ4v) is 9.64. The SMILES string of the molecule is CCCCc1ccc(-c2nc(-c3ccccc3)nc(-c3ccc(-n4c5ccccc5c5ccc(-c6cccc7c6sc6cc(CCCC)ccc67)cc54)cc3)n2)cc1. The van der Waals surface area contributed by atoms with Gasteiger partial charge in [-0.1, -0.05) is 142 Å². The summed E-state index contributed by atoms with van der Waals surface area (Å²) >= 11 is 1.92. The van der Waals surface area contributed by atoms with Crippen LogP contribution in [0, 0.1) is 0 Å². The predicted octanol–water partition coefficient (Wildman–Crippen LogP) is 14.7. The van der Waals surface area contributed by atoms with Crippen molar-refractivity contribution in [3.8, 4) is 51.0 Å². The number of benzene rings is 7. The van der Waals surface area contributed by atoms with Gasteiger partial charge in [-0.05, 0) is 90.4 Å². The zero-order chi connectivity index (χ0) is 39.0. The van der Waals surface area contributed by atoms with Gasteiger partial charge in [0.25, 0.3) is 0 Å². The van der Waals surface area contributed by atoms with Crippen LogP contribution in [0.15, 0.2) is 158 Å². The molecule has 0 aliphatic rings. The minimum atomic E-state index is 0.656. The third kappa shape index (κ3) is 6.65. The standard InChI is InChI=1S/C53H44N4S/c1-3-5-13-35-21-24-38(25-22-35)52-54-51(37-15-8-7-9-16-37)55-53(56-52)39-26-29-41(30-27-39)57-47-20-11-10-17-43(47)44-32-28-40(34-48(44)57)42-18-12-19-46-45-31-23-36(14-6-4-2)33-49(45)58-50(42)46/h7-12,15-34H,3-6,13-14H2,1-2H3. The van der Waals surface area contributed by atoms with Crippen LogP contribution in [0.1, 0.15) is 50.7 Å². The molecule has 58 heavy (non-hydrogen) atoms. The molecule has 4 nitrogen and oxygen atoms in total. The Morgan fingerprint density at radius 1 is 0.448 bits per heavy atom. The molecule has 0 radical (unpaired) electrons. The van der Waals surface area contributed by atoms with Gasteiger partial charge >= 0.3 is 0 Å². The Kier molecular flexibility index (Phi) is 9.60. The molecule has 0 saturated heterocycles. The van der Waals surface area contributed by atoms with Crippen molar-refractivity contribution in [3.63, 3.8) is 0 Å². The molecule has 3 heterocycles. The number of thiophene rings is 1. The third-order valence-corrected chi connectivity index (χ3v) is 12.7. The maximum absolute atomic E-state index is 5.06. The highest BCUT2D eigenvalue weighted by Crippen LogP contribution is 2.42. The molecule has 0 fully saturated rings. The number of aromatic nitrogens is 4. The second kappa shape index (κ2) is 15.5. The van der Waals surface area contributed by atoms with Crippen molar-refractivity contribution in [1.29, 1.82) is 0 Å². The van der Waals surface area contributed by atoms with Gasteiger partial charge in [0.1, 0.15) is 0 Å². The van der Waals surface area contributed by atoms with E-state index in [1.807, 2.05) is 29.5 Å². The minimum Gasteiger partial charge on any atom is -0.309 e. The lowest BCUT2D eigenvalue weighted by Gasteiger charge is -2.11. The summed E-state index contributed by atoms with van der Waals surface area (Å²) in [6.07, 6.45) is 7.01. The number of nitrogens with zero attached hydrogens (tertiary/aromatic N) is 4. The number of para-hydroxylation sites is 1. The van der Waals surface area contributed by atoms with E-state index < -0.39 is 0 Å². The van der Waals surface area contributed by atoms with E-state index in [4.69, 9.17) is 15.0 Å². The molecule has 0 bridgehead atoms. The summed E-state index contributed by atoms with van der Waals surface area (Å²) in [6.45, 7) is 4.49. The highest BCUT2D eigenvalue weighted by Gasteiger charge is 2.17. The van der Waals surface area contributed by atoms with E-state index in [-0.39, 0.29) is 0 Å². The van der Waals surface area contributed by atoms with Crippen LogP contribution in [0.25, 0.3) is 93.0 Å². The second-order valence-electron chi connectivity index (χ2n) is 15.3. The summed E-state index contributed by atoms with van der Waals surface area (Å²) in [5.41, 5.74) is 11.6. The number of aryl methyl sites for hydroxylation is 2. The molecule has 0 amide bonds. The lowest BCUT2D eigenvalue weighted by molar-refractivity contribution is 0.795. The van der Waals surface area contributed by atoms with Crippen molar-refractivity contribution in [2.75, 3.05) is 0 Å². The Morgan fingerprint density at radius 3 is 1.74 bits per heavy atom. The van der Waals surface area contributed by atoms with Crippen LogP contribution in [0.5, 0.6) is 0 Å². The topological polar surface area (TPSA) is 43.6 Å². The molecule has 282 valence electrons. The average Bonchev–Trinajstić information content (AvgIpc) is 3.83. The van der Waals surface area contributed by atoms with Gasteiger partial charge in [0.2, 0.25) is 0 Å². The molecule has 5 heteroatoms. The lowest BCUT2D eigenvalue weighted by atomic mass is 10.0. The van der Waals surface area contributed by atoms with Crippen molar-refractivity contribution in [3.05, 3.63) is 169 Å². The molecule has 0 atom stereocenters. The van der Waals surface area contributed by atoms with Crippen LogP contribution in [-0.4, -0.2) is 19.5 Å². The summed E-state index contributed by atoms with van der Waals surface area (Å²) in [7, 11) is 0. The van der Waals surface area contributed by atoms with E-state index in [2.05, 4.69) is 158 Å². The van der Waals surface area contributed by atoms with Crippen molar-refractivity contribution in [2.24, 2.45) is 0 Å². The Morgan fingerprint density at radius 2 is 1.02 bits per heavy atom. The van der Waals surface area contributed by atoms with Gasteiger partial charge < -0.3 is 4.57 Å².